The lowest BCUT2D eigenvalue weighted by molar-refractivity contribution is -0.114. The molecule has 1 aromatic carbocycles. The molecule has 0 fully saturated rings. The van der Waals surface area contributed by atoms with Crippen LogP contribution in [0.25, 0.3) is 16.3 Å². The highest BCUT2D eigenvalue weighted by Gasteiger charge is 2.17. The van der Waals surface area contributed by atoms with Crippen molar-refractivity contribution < 1.29 is 9.21 Å². The summed E-state index contributed by atoms with van der Waals surface area (Å²) in [6.45, 7) is 0. The Hall–Kier alpha value is -3.03. The molecule has 0 atom stereocenters. The Kier molecular flexibility index (Phi) is 4.72. The fourth-order valence-electron chi connectivity index (χ4n) is 2.24. The number of furan rings is 1. The van der Waals surface area contributed by atoms with Crippen LogP contribution in [-0.4, -0.2) is 17.1 Å². The molecule has 128 valence electrons. The molecule has 0 aliphatic carbocycles. The van der Waals surface area contributed by atoms with Gasteiger partial charge in [-0.3, -0.25) is 4.79 Å². The van der Waals surface area contributed by atoms with E-state index < -0.39 is 0 Å². The van der Waals surface area contributed by atoms with Crippen LogP contribution in [-0.2, 0) is 4.79 Å². The molecule has 0 bridgehead atoms. The molecular formula is C19H13N3O2S2. The van der Waals surface area contributed by atoms with Gasteiger partial charge in [0.2, 0.25) is 5.13 Å². The third-order valence-corrected chi connectivity index (χ3v) is 5.30. The highest BCUT2D eigenvalue weighted by atomic mass is 32.1. The van der Waals surface area contributed by atoms with Crippen LogP contribution in [0.4, 0.5) is 5.13 Å². The third-order valence-electron chi connectivity index (χ3n) is 3.45. The zero-order valence-electron chi connectivity index (χ0n) is 13.5. The van der Waals surface area contributed by atoms with E-state index in [1.54, 1.807) is 35.8 Å². The van der Waals surface area contributed by atoms with Gasteiger partial charge in [-0.1, -0.05) is 29.5 Å². The molecule has 0 saturated heterocycles. The van der Waals surface area contributed by atoms with Crippen molar-refractivity contribution in [1.82, 2.24) is 4.98 Å². The summed E-state index contributed by atoms with van der Waals surface area (Å²) >= 11 is 2.98. The molecule has 0 radical (unpaired) electrons. The molecule has 0 saturated carbocycles. The lowest BCUT2D eigenvalue weighted by atomic mass is 10.3. The van der Waals surface area contributed by atoms with Crippen molar-refractivity contribution in [3.05, 3.63) is 76.9 Å². The minimum absolute atomic E-state index is 0.278. The third kappa shape index (κ3) is 3.63. The molecule has 26 heavy (non-hydrogen) atoms. The number of aromatic nitrogens is 1. The molecular weight excluding hydrogens is 366 g/mol. The van der Waals surface area contributed by atoms with Crippen LogP contribution in [0.5, 0.6) is 0 Å². The van der Waals surface area contributed by atoms with E-state index in [0.717, 1.165) is 15.1 Å². The van der Waals surface area contributed by atoms with Gasteiger partial charge in [0.15, 0.2) is 0 Å². The maximum Gasteiger partial charge on any atom is 0.273 e. The van der Waals surface area contributed by atoms with Crippen molar-refractivity contribution in [1.29, 1.82) is 0 Å². The molecule has 3 heterocycles. The van der Waals surface area contributed by atoms with Gasteiger partial charge in [0, 0.05) is 11.0 Å². The summed E-state index contributed by atoms with van der Waals surface area (Å²) < 4.78 is 6.25. The first-order valence-corrected chi connectivity index (χ1v) is 9.48. The molecule has 1 amide bonds. The zero-order chi connectivity index (χ0) is 17.8. The SMILES string of the molecule is O=C(/C=C/c1cccs1)N(/N=C/c1ccco1)c1nc2ccccc2s1. The van der Waals surface area contributed by atoms with Crippen LogP contribution in [0.15, 0.2) is 75.8 Å². The number of benzene rings is 1. The molecule has 0 spiro atoms. The summed E-state index contributed by atoms with van der Waals surface area (Å²) in [5.74, 6) is 0.284. The van der Waals surface area contributed by atoms with Crippen molar-refractivity contribution in [3.63, 3.8) is 0 Å². The fourth-order valence-corrected chi connectivity index (χ4v) is 3.79. The fraction of sp³-hybridized carbons (Fsp3) is 0. The topological polar surface area (TPSA) is 58.7 Å². The molecule has 0 aliphatic heterocycles. The molecule has 0 unspecified atom stereocenters. The number of para-hydroxylation sites is 1. The normalized spacial score (nSPS) is 11.7. The number of amides is 1. The second-order valence-electron chi connectivity index (χ2n) is 5.22. The number of thiophene rings is 1. The van der Waals surface area contributed by atoms with E-state index >= 15 is 0 Å². The number of carbonyl (C=O) groups is 1. The molecule has 4 aromatic rings. The van der Waals surface area contributed by atoms with E-state index in [1.807, 2.05) is 41.8 Å². The minimum Gasteiger partial charge on any atom is -0.463 e. The van der Waals surface area contributed by atoms with E-state index in [9.17, 15) is 4.79 Å². The molecule has 0 aliphatic rings. The van der Waals surface area contributed by atoms with Gasteiger partial charge in [-0.2, -0.15) is 10.1 Å². The lowest BCUT2D eigenvalue weighted by Gasteiger charge is -2.10. The van der Waals surface area contributed by atoms with Gasteiger partial charge in [-0.15, -0.1) is 11.3 Å². The van der Waals surface area contributed by atoms with Gasteiger partial charge in [-0.05, 0) is 41.8 Å². The number of carbonyl (C=O) groups excluding carboxylic acids is 1. The van der Waals surface area contributed by atoms with Gasteiger partial charge in [0.1, 0.15) is 5.76 Å². The number of anilines is 1. The van der Waals surface area contributed by atoms with Crippen molar-refractivity contribution in [2.45, 2.75) is 0 Å². The summed E-state index contributed by atoms with van der Waals surface area (Å²) in [7, 11) is 0. The first kappa shape index (κ1) is 16.4. The van der Waals surface area contributed by atoms with Crippen LogP contribution in [0.2, 0.25) is 0 Å². The molecule has 5 nitrogen and oxygen atoms in total. The van der Waals surface area contributed by atoms with Gasteiger partial charge < -0.3 is 4.42 Å². The quantitative estimate of drug-likeness (QED) is 0.278. The van der Waals surface area contributed by atoms with E-state index in [4.69, 9.17) is 4.42 Å². The van der Waals surface area contributed by atoms with E-state index in [-0.39, 0.29) is 5.91 Å². The van der Waals surface area contributed by atoms with Crippen LogP contribution < -0.4 is 5.01 Å². The van der Waals surface area contributed by atoms with Gasteiger partial charge in [0.25, 0.3) is 5.91 Å². The number of hydrazone groups is 1. The number of hydrogen-bond donors (Lipinski definition) is 0. The standard InChI is InChI=1S/C19H13N3O2S2/c23-18(10-9-15-6-4-12-25-15)22(20-13-14-5-3-11-24-14)19-21-16-7-1-2-8-17(16)26-19/h1-13H/b10-9+,20-13+. The first-order valence-electron chi connectivity index (χ1n) is 7.78. The summed E-state index contributed by atoms with van der Waals surface area (Å²) in [5.41, 5.74) is 0.834. The number of hydrogen-bond acceptors (Lipinski definition) is 6. The molecule has 4 rings (SSSR count). The highest BCUT2D eigenvalue weighted by molar-refractivity contribution is 7.22. The lowest BCUT2D eigenvalue weighted by Crippen LogP contribution is -2.23. The molecule has 7 heteroatoms. The number of rotatable bonds is 5. The van der Waals surface area contributed by atoms with Crippen molar-refractivity contribution >= 4 is 56.2 Å². The Labute approximate surface area is 157 Å². The Morgan fingerprint density at radius 3 is 2.85 bits per heavy atom. The first-order chi connectivity index (χ1) is 12.8. The van der Waals surface area contributed by atoms with Gasteiger partial charge >= 0.3 is 0 Å². The van der Waals surface area contributed by atoms with Crippen LogP contribution in [0.1, 0.15) is 10.6 Å². The van der Waals surface area contributed by atoms with E-state index in [0.29, 0.717) is 10.9 Å². The largest absolute Gasteiger partial charge is 0.463 e. The monoisotopic (exact) mass is 379 g/mol. The summed E-state index contributed by atoms with van der Waals surface area (Å²) in [6, 6.07) is 15.2. The predicted molar refractivity (Wildman–Crippen MR) is 107 cm³/mol. The second kappa shape index (κ2) is 7.47. The molecule has 3 aromatic heterocycles. The predicted octanol–water partition coefficient (Wildman–Crippen LogP) is 5.03. The Bertz CT molecular complexity index is 1030. The summed E-state index contributed by atoms with van der Waals surface area (Å²) in [5, 5.41) is 8.06. The highest BCUT2D eigenvalue weighted by Crippen LogP contribution is 2.29. The van der Waals surface area contributed by atoms with Crippen molar-refractivity contribution in [2.24, 2.45) is 5.10 Å². The van der Waals surface area contributed by atoms with E-state index in [2.05, 4.69) is 10.1 Å². The number of fused-ring (bicyclic) bond motifs is 1. The maximum atomic E-state index is 12.7. The zero-order valence-corrected chi connectivity index (χ0v) is 15.1. The average molecular weight is 379 g/mol. The Morgan fingerprint density at radius 2 is 2.08 bits per heavy atom. The van der Waals surface area contributed by atoms with Crippen molar-refractivity contribution in [3.8, 4) is 0 Å². The maximum absolute atomic E-state index is 12.7. The number of nitrogens with zero attached hydrogens (tertiary/aromatic N) is 3. The average Bonchev–Trinajstić information content (AvgIpc) is 3.40. The molecule has 0 N–H and O–H groups in total. The van der Waals surface area contributed by atoms with Crippen LogP contribution in [0, 0.1) is 0 Å². The van der Waals surface area contributed by atoms with Crippen LogP contribution in [0.3, 0.4) is 0 Å². The van der Waals surface area contributed by atoms with Crippen LogP contribution >= 0.6 is 22.7 Å². The van der Waals surface area contributed by atoms with Gasteiger partial charge in [-0.25, -0.2) is 4.98 Å². The summed E-state index contributed by atoms with van der Waals surface area (Å²) in [4.78, 5) is 18.3. The summed E-state index contributed by atoms with van der Waals surface area (Å²) in [6.07, 6.45) is 6.33. The number of thiazole rings is 1. The smallest absolute Gasteiger partial charge is 0.273 e. The minimum atomic E-state index is -0.278. The van der Waals surface area contributed by atoms with Gasteiger partial charge in [0.05, 0.1) is 22.7 Å². The second-order valence-corrected chi connectivity index (χ2v) is 7.21. The Balaban J connectivity index is 1.67. The van der Waals surface area contributed by atoms with E-state index in [1.165, 1.54) is 28.6 Å². The Morgan fingerprint density at radius 1 is 1.15 bits per heavy atom. The van der Waals surface area contributed by atoms with Crippen molar-refractivity contribution in [2.75, 3.05) is 5.01 Å².